The monoisotopic (exact) mass is 419 g/mol. The van der Waals surface area contributed by atoms with Gasteiger partial charge >= 0.3 is 6.03 Å². The summed E-state index contributed by atoms with van der Waals surface area (Å²) in [4.78, 5) is 20.9. The summed E-state index contributed by atoms with van der Waals surface area (Å²) in [5, 5.41) is 7.59. The minimum Gasteiger partial charge on any atom is -0.388 e. The number of para-hydroxylation sites is 1. The lowest BCUT2D eigenvalue weighted by atomic mass is 9.84. The van der Waals surface area contributed by atoms with Gasteiger partial charge in [-0.3, -0.25) is 0 Å². The van der Waals surface area contributed by atoms with Crippen LogP contribution in [0.2, 0.25) is 0 Å². The summed E-state index contributed by atoms with van der Waals surface area (Å²) in [6, 6.07) is 14.6. The lowest BCUT2D eigenvalue weighted by molar-refractivity contribution is -0.0544. The molecule has 1 spiro atoms. The van der Waals surface area contributed by atoms with Gasteiger partial charge in [0.1, 0.15) is 5.60 Å². The predicted octanol–water partition coefficient (Wildman–Crippen LogP) is 5.79. The van der Waals surface area contributed by atoms with Crippen LogP contribution in [0.15, 0.2) is 47.6 Å². The van der Waals surface area contributed by atoms with Crippen LogP contribution in [0.4, 0.5) is 10.5 Å². The molecule has 0 aromatic heterocycles. The first-order valence-electron chi connectivity index (χ1n) is 11.2. The number of amides is 2. The highest BCUT2D eigenvalue weighted by atomic mass is 16.7. The van der Waals surface area contributed by atoms with Gasteiger partial charge in [0.2, 0.25) is 0 Å². The van der Waals surface area contributed by atoms with Gasteiger partial charge in [-0.1, -0.05) is 74.0 Å². The van der Waals surface area contributed by atoms with Crippen LogP contribution in [0.3, 0.4) is 0 Å². The average molecular weight is 420 g/mol. The van der Waals surface area contributed by atoms with Crippen LogP contribution >= 0.6 is 0 Å². The Hall–Kier alpha value is -2.82. The number of anilines is 1. The SMILES string of the molecule is Cc1ccc(C2=NOC3(CCN(C(=O)Nc4c(C)cccc4C(C)(C)C)CC3)C2)cc1. The maximum atomic E-state index is 13.1. The van der Waals surface area contributed by atoms with Crippen LogP contribution in [-0.2, 0) is 10.3 Å². The van der Waals surface area contributed by atoms with Gasteiger partial charge < -0.3 is 15.1 Å². The van der Waals surface area contributed by atoms with Gasteiger partial charge in [0.05, 0.1) is 5.71 Å². The van der Waals surface area contributed by atoms with Crippen molar-refractivity contribution in [1.82, 2.24) is 4.90 Å². The number of benzene rings is 2. The van der Waals surface area contributed by atoms with E-state index in [1.54, 1.807) is 0 Å². The number of aryl methyl sites for hydroxylation is 2. The second-order valence-electron chi connectivity index (χ2n) is 10.0. The smallest absolute Gasteiger partial charge is 0.321 e. The molecule has 1 saturated heterocycles. The number of likely N-dealkylation sites (tertiary alicyclic amines) is 1. The summed E-state index contributed by atoms with van der Waals surface area (Å²) < 4.78 is 0. The molecule has 2 amide bonds. The van der Waals surface area contributed by atoms with Crippen molar-refractivity contribution in [3.05, 3.63) is 64.7 Å². The topological polar surface area (TPSA) is 53.9 Å². The molecule has 2 aromatic carbocycles. The van der Waals surface area contributed by atoms with E-state index < -0.39 is 0 Å². The zero-order valence-electron chi connectivity index (χ0n) is 19.3. The molecule has 0 radical (unpaired) electrons. The summed E-state index contributed by atoms with van der Waals surface area (Å²) in [5.74, 6) is 0. The molecule has 164 valence electrons. The van der Waals surface area contributed by atoms with Crippen LogP contribution in [0, 0.1) is 13.8 Å². The van der Waals surface area contributed by atoms with Gasteiger partial charge in [-0.25, -0.2) is 4.79 Å². The number of carbonyl (C=O) groups is 1. The molecule has 0 aliphatic carbocycles. The lowest BCUT2D eigenvalue weighted by Crippen LogP contribution is -2.48. The molecule has 4 rings (SSSR count). The van der Waals surface area contributed by atoms with E-state index in [0.717, 1.165) is 47.4 Å². The number of nitrogens with one attached hydrogen (secondary N) is 1. The summed E-state index contributed by atoms with van der Waals surface area (Å²) in [6.07, 6.45) is 2.38. The Bertz CT molecular complexity index is 994. The molecule has 31 heavy (non-hydrogen) atoms. The number of piperidine rings is 1. The van der Waals surface area contributed by atoms with Crippen LogP contribution in [0.1, 0.15) is 62.3 Å². The Morgan fingerprint density at radius 1 is 1.06 bits per heavy atom. The van der Waals surface area contributed by atoms with E-state index in [2.05, 4.69) is 74.6 Å². The van der Waals surface area contributed by atoms with E-state index >= 15 is 0 Å². The van der Waals surface area contributed by atoms with E-state index in [1.807, 2.05) is 17.9 Å². The summed E-state index contributed by atoms with van der Waals surface area (Å²) >= 11 is 0. The minimum absolute atomic E-state index is 0.0349. The Labute approximate surface area is 185 Å². The van der Waals surface area contributed by atoms with Gasteiger partial charge in [0, 0.05) is 38.0 Å². The molecule has 5 nitrogen and oxygen atoms in total. The quantitative estimate of drug-likeness (QED) is 0.670. The first-order valence-corrected chi connectivity index (χ1v) is 11.2. The van der Waals surface area contributed by atoms with E-state index in [4.69, 9.17) is 4.84 Å². The molecule has 2 aliphatic heterocycles. The van der Waals surface area contributed by atoms with Gasteiger partial charge in [-0.15, -0.1) is 0 Å². The molecule has 0 saturated carbocycles. The zero-order valence-corrected chi connectivity index (χ0v) is 19.3. The van der Waals surface area contributed by atoms with E-state index in [-0.39, 0.29) is 17.0 Å². The van der Waals surface area contributed by atoms with Crippen molar-refractivity contribution in [2.45, 2.75) is 64.9 Å². The lowest BCUT2D eigenvalue weighted by Gasteiger charge is -2.37. The summed E-state index contributed by atoms with van der Waals surface area (Å²) in [7, 11) is 0. The Morgan fingerprint density at radius 3 is 2.39 bits per heavy atom. The molecule has 2 heterocycles. The van der Waals surface area contributed by atoms with E-state index in [9.17, 15) is 4.79 Å². The first-order chi connectivity index (χ1) is 14.7. The molecule has 2 aliphatic rings. The Kier molecular flexibility index (Phi) is 5.54. The Morgan fingerprint density at radius 2 is 1.74 bits per heavy atom. The standard InChI is InChI=1S/C26H33N3O2/c1-18-9-11-20(12-10-18)22-17-26(31-28-22)13-15-29(16-14-26)24(30)27-23-19(2)7-6-8-21(23)25(3,4)5/h6-12H,13-17H2,1-5H3,(H,27,30). The van der Waals surface area contributed by atoms with E-state index in [1.165, 1.54) is 5.56 Å². The fourth-order valence-corrected chi connectivity index (χ4v) is 4.45. The van der Waals surface area contributed by atoms with Crippen LogP contribution in [0.25, 0.3) is 0 Å². The Balaban J connectivity index is 1.39. The van der Waals surface area contributed by atoms with Crippen LogP contribution < -0.4 is 5.32 Å². The van der Waals surface area contributed by atoms with Crippen molar-refractivity contribution in [3.8, 4) is 0 Å². The van der Waals surface area contributed by atoms with Gasteiger partial charge in [0.25, 0.3) is 0 Å². The molecule has 0 unspecified atom stereocenters. The number of oxime groups is 1. The molecular formula is C26H33N3O2. The fourth-order valence-electron chi connectivity index (χ4n) is 4.45. The van der Waals surface area contributed by atoms with Crippen molar-refractivity contribution < 1.29 is 9.63 Å². The second kappa shape index (κ2) is 8.03. The summed E-state index contributed by atoms with van der Waals surface area (Å²) in [5.41, 5.74) is 6.22. The first kappa shape index (κ1) is 21.4. The maximum absolute atomic E-state index is 13.1. The highest BCUT2D eigenvalue weighted by Crippen LogP contribution is 2.37. The molecule has 5 heteroatoms. The zero-order chi connectivity index (χ0) is 22.2. The third-order valence-corrected chi connectivity index (χ3v) is 6.50. The second-order valence-corrected chi connectivity index (χ2v) is 10.0. The molecule has 0 atom stereocenters. The highest BCUT2D eigenvalue weighted by molar-refractivity contribution is 6.01. The fraction of sp³-hybridized carbons (Fsp3) is 0.462. The molecule has 2 aromatic rings. The number of rotatable bonds is 2. The van der Waals surface area contributed by atoms with Gasteiger partial charge in [0.15, 0.2) is 0 Å². The van der Waals surface area contributed by atoms with Crippen molar-refractivity contribution >= 4 is 17.4 Å². The van der Waals surface area contributed by atoms with Gasteiger partial charge in [-0.2, -0.15) is 0 Å². The third-order valence-electron chi connectivity index (χ3n) is 6.50. The number of hydrogen-bond donors (Lipinski definition) is 1. The van der Waals surface area contributed by atoms with Gasteiger partial charge in [-0.05, 0) is 36.0 Å². The largest absolute Gasteiger partial charge is 0.388 e. The van der Waals surface area contributed by atoms with Crippen molar-refractivity contribution in [2.75, 3.05) is 18.4 Å². The number of carbonyl (C=O) groups excluding carboxylic acids is 1. The van der Waals surface area contributed by atoms with Crippen LogP contribution in [-0.4, -0.2) is 35.3 Å². The van der Waals surface area contributed by atoms with Crippen molar-refractivity contribution in [3.63, 3.8) is 0 Å². The number of nitrogens with zero attached hydrogens (tertiary/aromatic N) is 2. The van der Waals surface area contributed by atoms with Crippen LogP contribution in [0.5, 0.6) is 0 Å². The average Bonchev–Trinajstić information content (AvgIpc) is 3.13. The third kappa shape index (κ3) is 4.46. The normalized spacial score (nSPS) is 18.0. The number of urea groups is 1. The minimum atomic E-state index is -0.282. The maximum Gasteiger partial charge on any atom is 0.321 e. The summed E-state index contributed by atoms with van der Waals surface area (Å²) in [6.45, 7) is 12.0. The molecule has 1 N–H and O–H groups in total. The predicted molar refractivity (Wildman–Crippen MR) is 126 cm³/mol. The van der Waals surface area contributed by atoms with Crippen molar-refractivity contribution in [2.24, 2.45) is 5.16 Å². The molecule has 1 fully saturated rings. The van der Waals surface area contributed by atoms with Crippen molar-refractivity contribution in [1.29, 1.82) is 0 Å². The van der Waals surface area contributed by atoms with E-state index in [0.29, 0.717) is 13.1 Å². The molecular weight excluding hydrogens is 386 g/mol. The molecule has 0 bridgehead atoms. The number of hydrogen-bond acceptors (Lipinski definition) is 3. The highest BCUT2D eigenvalue weighted by Gasteiger charge is 2.43.